The van der Waals surface area contributed by atoms with E-state index in [1.54, 1.807) is 0 Å². The molecule has 7 nitrogen and oxygen atoms in total. The maximum atomic E-state index is 4.67. The molecule has 7 heteroatoms. The Morgan fingerprint density at radius 1 is 0.750 bits per heavy atom. The van der Waals surface area contributed by atoms with Gasteiger partial charge < -0.3 is 25.5 Å². The molecular weight excluding hydrogens is 446 g/mol. The number of aromatic amines is 2. The van der Waals surface area contributed by atoms with Gasteiger partial charge in [-0.3, -0.25) is 0 Å². The van der Waals surface area contributed by atoms with Crippen LogP contribution in [0.15, 0.2) is 54.9 Å². The second kappa shape index (κ2) is 10.0. The molecule has 2 aliphatic rings. The standard InChI is InChI=1S/C29H35N7/c1-36(2)18-22-15-21(27-17-33-29(35-27)25-6-4-14-31-25)11-12-23(22)19-7-9-20(10-8-19)26-16-32-28(34-26)24-5-3-13-30-24/h7-12,15-17,24-25,30-31H,3-6,13-14,18H2,1-2H3,(H,32,34)(H,33,35)/t24-,25-/m0/s1. The quantitative estimate of drug-likeness (QED) is 0.297. The zero-order valence-electron chi connectivity index (χ0n) is 21.1. The van der Waals surface area contributed by atoms with E-state index < -0.39 is 0 Å². The molecule has 0 radical (unpaired) electrons. The van der Waals surface area contributed by atoms with Crippen molar-refractivity contribution in [1.29, 1.82) is 0 Å². The van der Waals surface area contributed by atoms with E-state index in [0.717, 1.165) is 61.1 Å². The number of rotatable bonds is 7. The highest BCUT2D eigenvalue weighted by Gasteiger charge is 2.20. The van der Waals surface area contributed by atoms with E-state index in [9.17, 15) is 0 Å². The first kappa shape index (κ1) is 23.2. The predicted octanol–water partition coefficient (Wildman–Crippen LogP) is 5.04. The smallest absolute Gasteiger partial charge is 0.123 e. The highest BCUT2D eigenvalue weighted by Crippen LogP contribution is 2.32. The molecule has 2 saturated heterocycles. The Bertz CT molecular complexity index is 1310. The third-order valence-electron chi connectivity index (χ3n) is 7.38. The molecule has 2 aliphatic heterocycles. The van der Waals surface area contributed by atoms with E-state index in [4.69, 9.17) is 0 Å². The number of aromatic nitrogens is 4. The largest absolute Gasteiger partial charge is 0.341 e. The van der Waals surface area contributed by atoms with Crippen LogP contribution in [0.2, 0.25) is 0 Å². The molecule has 0 unspecified atom stereocenters. The molecule has 6 rings (SSSR count). The molecule has 0 spiro atoms. The molecule has 2 aromatic carbocycles. The van der Waals surface area contributed by atoms with Crippen LogP contribution < -0.4 is 10.6 Å². The van der Waals surface area contributed by atoms with Gasteiger partial charge in [-0.25, -0.2) is 9.97 Å². The number of nitrogens with one attached hydrogen (secondary N) is 4. The second-order valence-corrected chi connectivity index (χ2v) is 10.3. The summed E-state index contributed by atoms with van der Waals surface area (Å²) in [6, 6.07) is 16.3. The number of nitrogens with zero attached hydrogens (tertiary/aromatic N) is 3. The second-order valence-electron chi connectivity index (χ2n) is 10.3. The van der Waals surface area contributed by atoms with Crippen molar-refractivity contribution in [3.63, 3.8) is 0 Å². The van der Waals surface area contributed by atoms with Gasteiger partial charge >= 0.3 is 0 Å². The van der Waals surface area contributed by atoms with Crippen molar-refractivity contribution in [2.45, 2.75) is 44.3 Å². The van der Waals surface area contributed by atoms with Crippen LogP contribution in [0.3, 0.4) is 0 Å². The van der Waals surface area contributed by atoms with Crippen molar-refractivity contribution in [1.82, 2.24) is 35.5 Å². The summed E-state index contributed by atoms with van der Waals surface area (Å²) in [7, 11) is 4.24. The average Bonchev–Trinajstić information content (AvgIpc) is 3.70. The normalized spacial score (nSPS) is 20.0. The summed E-state index contributed by atoms with van der Waals surface area (Å²) in [5, 5.41) is 7.04. The molecule has 4 aromatic rings. The van der Waals surface area contributed by atoms with Crippen LogP contribution >= 0.6 is 0 Å². The van der Waals surface area contributed by atoms with Crippen LogP contribution in [-0.2, 0) is 6.54 Å². The summed E-state index contributed by atoms with van der Waals surface area (Å²) >= 11 is 0. The summed E-state index contributed by atoms with van der Waals surface area (Å²) < 4.78 is 0. The third-order valence-corrected chi connectivity index (χ3v) is 7.38. The first-order valence-electron chi connectivity index (χ1n) is 13.1. The van der Waals surface area contributed by atoms with Crippen molar-refractivity contribution in [3.05, 3.63) is 72.1 Å². The van der Waals surface area contributed by atoms with Crippen LogP contribution in [0.4, 0.5) is 0 Å². The third kappa shape index (κ3) is 4.74. The van der Waals surface area contributed by atoms with Crippen molar-refractivity contribution in [2.75, 3.05) is 27.2 Å². The summed E-state index contributed by atoms with van der Waals surface area (Å²) in [6.45, 7) is 3.01. The first-order chi connectivity index (χ1) is 17.6. The Hall–Kier alpha value is -3.26. The minimum Gasteiger partial charge on any atom is -0.341 e. The number of benzene rings is 2. The maximum absolute atomic E-state index is 4.67. The van der Waals surface area contributed by atoms with Gasteiger partial charge in [0, 0.05) is 6.54 Å². The van der Waals surface area contributed by atoms with Crippen LogP contribution in [0.5, 0.6) is 0 Å². The van der Waals surface area contributed by atoms with E-state index in [1.165, 1.54) is 35.1 Å². The number of imidazole rings is 2. The highest BCUT2D eigenvalue weighted by atomic mass is 15.1. The number of hydrogen-bond donors (Lipinski definition) is 4. The average molecular weight is 482 g/mol. The fourth-order valence-corrected chi connectivity index (χ4v) is 5.50. The summed E-state index contributed by atoms with van der Waals surface area (Å²) in [4.78, 5) is 18.6. The molecule has 2 fully saturated rings. The van der Waals surface area contributed by atoms with Crippen molar-refractivity contribution in [3.8, 4) is 33.6 Å². The van der Waals surface area contributed by atoms with Crippen LogP contribution in [0.1, 0.15) is 55.0 Å². The molecule has 2 aromatic heterocycles. The Balaban J connectivity index is 1.26. The summed E-state index contributed by atoms with van der Waals surface area (Å²) in [6.07, 6.45) is 8.64. The molecule has 0 bridgehead atoms. The van der Waals surface area contributed by atoms with Gasteiger partial charge in [0.2, 0.25) is 0 Å². The molecule has 2 atom stereocenters. The fraction of sp³-hybridized carbons (Fsp3) is 0.379. The van der Waals surface area contributed by atoms with Gasteiger partial charge in [0.15, 0.2) is 0 Å². The number of H-pyrrole nitrogens is 2. The van der Waals surface area contributed by atoms with E-state index in [0.29, 0.717) is 12.1 Å². The monoisotopic (exact) mass is 481 g/mol. The lowest BCUT2D eigenvalue weighted by Crippen LogP contribution is -2.14. The first-order valence-corrected chi connectivity index (χ1v) is 13.1. The van der Waals surface area contributed by atoms with E-state index in [2.05, 4.69) is 92.0 Å². The van der Waals surface area contributed by atoms with Crippen LogP contribution in [0.25, 0.3) is 33.6 Å². The van der Waals surface area contributed by atoms with Gasteiger partial charge in [-0.1, -0.05) is 36.4 Å². The van der Waals surface area contributed by atoms with Gasteiger partial charge in [-0.15, -0.1) is 0 Å². The minimum absolute atomic E-state index is 0.346. The zero-order chi connectivity index (χ0) is 24.5. The van der Waals surface area contributed by atoms with Crippen molar-refractivity contribution >= 4 is 0 Å². The lowest BCUT2D eigenvalue weighted by molar-refractivity contribution is 0.403. The molecule has 186 valence electrons. The molecule has 4 N–H and O–H groups in total. The van der Waals surface area contributed by atoms with Crippen LogP contribution in [0, 0.1) is 0 Å². The van der Waals surface area contributed by atoms with E-state index in [1.807, 2.05) is 12.4 Å². The molecule has 4 heterocycles. The Morgan fingerprint density at radius 3 is 1.86 bits per heavy atom. The SMILES string of the molecule is CN(C)Cc1cc(-c2cnc([C@@H]3CCCN3)[nH]2)ccc1-c1ccc(-c2cnc([C@@H]3CCCN3)[nH]2)cc1. The van der Waals surface area contributed by atoms with Crippen molar-refractivity contribution in [2.24, 2.45) is 0 Å². The van der Waals surface area contributed by atoms with Gasteiger partial charge in [0.05, 0.1) is 35.9 Å². The summed E-state index contributed by atoms with van der Waals surface area (Å²) in [5.74, 6) is 2.09. The van der Waals surface area contributed by atoms with Gasteiger partial charge in [-0.2, -0.15) is 0 Å². The fourth-order valence-electron chi connectivity index (χ4n) is 5.50. The molecule has 0 aliphatic carbocycles. The van der Waals surface area contributed by atoms with Gasteiger partial charge in [0.1, 0.15) is 11.6 Å². The molecule has 0 amide bonds. The Kier molecular flexibility index (Phi) is 6.44. The maximum Gasteiger partial charge on any atom is 0.123 e. The van der Waals surface area contributed by atoms with E-state index >= 15 is 0 Å². The van der Waals surface area contributed by atoms with Crippen LogP contribution in [-0.4, -0.2) is 52.0 Å². The van der Waals surface area contributed by atoms with Crippen molar-refractivity contribution < 1.29 is 0 Å². The Morgan fingerprint density at radius 2 is 1.31 bits per heavy atom. The minimum atomic E-state index is 0.346. The number of hydrogen-bond acceptors (Lipinski definition) is 5. The zero-order valence-corrected chi connectivity index (χ0v) is 21.1. The lowest BCUT2D eigenvalue weighted by atomic mass is 9.95. The van der Waals surface area contributed by atoms with Gasteiger partial charge in [-0.05, 0) is 86.8 Å². The molecule has 0 saturated carbocycles. The Labute approximate surface area is 212 Å². The lowest BCUT2D eigenvalue weighted by Gasteiger charge is -2.16. The highest BCUT2D eigenvalue weighted by molar-refractivity contribution is 5.74. The predicted molar refractivity (Wildman–Crippen MR) is 144 cm³/mol. The summed E-state index contributed by atoms with van der Waals surface area (Å²) in [5.41, 5.74) is 8.27. The molecular formula is C29H35N7. The van der Waals surface area contributed by atoms with E-state index in [-0.39, 0.29) is 0 Å². The van der Waals surface area contributed by atoms with Gasteiger partial charge in [0.25, 0.3) is 0 Å². The topological polar surface area (TPSA) is 84.7 Å². The molecule has 36 heavy (non-hydrogen) atoms.